The average molecular weight is 364 g/mol. The minimum Gasteiger partial charge on any atom is -0.328 e. The quantitative estimate of drug-likeness (QED) is 0.746. The van der Waals surface area contributed by atoms with E-state index >= 15 is 0 Å². The maximum absolute atomic E-state index is 5.96. The van der Waals surface area contributed by atoms with Gasteiger partial charge in [-0.2, -0.15) is 0 Å². The Morgan fingerprint density at radius 3 is 2.29 bits per heavy atom. The van der Waals surface area contributed by atoms with Crippen molar-refractivity contribution in [3.8, 4) is 0 Å². The lowest BCUT2D eigenvalue weighted by Gasteiger charge is -2.13. The Labute approximate surface area is 140 Å². The van der Waals surface area contributed by atoms with Gasteiger partial charge in [-0.25, -0.2) is 0 Å². The largest absolute Gasteiger partial charge is 0.328 e. The standard InChI is InChI=1S/C18H22BrNS/c1-12(2)14-5-8-17(9-6-14)21-18-11-16(19)7-4-15(18)10-13(3)20/h4-9,11-13H,10,20H2,1-3H3. The normalized spacial score (nSPS) is 12.7. The summed E-state index contributed by atoms with van der Waals surface area (Å²) in [6.07, 6.45) is 0.902. The van der Waals surface area contributed by atoms with Gasteiger partial charge in [0.05, 0.1) is 0 Å². The molecular formula is C18H22BrNS. The fourth-order valence-electron chi connectivity index (χ4n) is 2.19. The van der Waals surface area contributed by atoms with Crippen molar-refractivity contribution >= 4 is 27.7 Å². The van der Waals surface area contributed by atoms with Crippen LogP contribution in [0.5, 0.6) is 0 Å². The predicted octanol–water partition coefficient (Wildman–Crippen LogP) is 5.61. The number of halogens is 1. The maximum atomic E-state index is 5.96. The minimum absolute atomic E-state index is 0.175. The van der Waals surface area contributed by atoms with Crippen molar-refractivity contribution in [1.29, 1.82) is 0 Å². The molecule has 0 bridgehead atoms. The highest BCUT2D eigenvalue weighted by Gasteiger charge is 2.08. The molecule has 0 fully saturated rings. The monoisotopic (exact) mass is 363 g/mol. The third-order valence-corrected chi connectivity index (χ3v) is 4.95. The molecule has 1 unspecified atom stereocenters. The number of hydrogen-bond acceptors (Lipinski definition) is 2. The summed E-state index contributed by atoms with van der Waals surface area (Å²) < 4.78 is 1.11. The summed E-state index contributed by atoms with van der Waals surface area (Å²) in [4.78, 5) is 2.54. The topological polar surface area (TPSA) is 26.0 Å². The van der Waals surface area contributed by atoms with Gasteiger partial charge >= 0.3 is 0 Å². The number of nitrogens with two attached hydrogens (primary N) is 1. The zero-order valence-corrected chi connectivity index (χ0v) is 15.2. The van der Waals surface area contributed by atoms with Crippen molar-refractivity contribution in [2.45, 2.75) is 48.9 Å². The van der Waals surface area contributed by atoms with E-state index in [4.69, 9.17) is 5.73 Å². The van der Waals surface area contributed by atoms with E-state index < -0.39 is 0 Å². The zero-order chi connectivity index (χ0) is 15.4. The summed E-state index contributed by atoms with van der Waals surface area (Å²) in [6.45, 7) is 6.49. The molecule has 0 aliphatic carbocycles. The molecule has 2 aromatic carbocycles. The average Bonchev–Trinajstić information content (AvgIpc) is 2.42. The van der Waals surface area contributed by atoms with E-state index in [1.165, 1.54) is 20.9 Å². The second-order valence-corrected chi connectivity index (χ2v) is 7.79. The van der Waals surface area contributed by atoms with Gasteiger partial charge in [0, 0.05) is 20.3 Å². The van der Waals surface area contributed by atoms with Gasteiger partial charge in [0.1, 0.15) is 0 Å². The molecule has 0 radical (unpaired) electrons. The summed E-state index contributed by atoms with van der Waals surface area (Å²) >= 11 is 5.37. The predicted molar refractivity (Wildman–Crippen MR) is 96.1 cm³/mol. The summed E-state index contributed by atoms with van der Waals surface area (Å²) in [5, 5.41) is 0. The molecule has 112 valence electrons. The van der Waals surface area contributed by atoms with Crippen molar-refractivity contribution in [3.05, 3.63) is 58.1 Å². The first kappa shape index (κ1) is 16.6. The first-order valence-corrected chi connectivity index (χ1v) is 8.88. The SMILES string of the molecule is CC(N)Cc1ccc(Br)cc1Sc1ccc(C(C)C)cc1. The van der Waals surface area contributed by atoms with Crippen LogP contribution in [0.1, 0.15) is 37.8 Å². The van der Waals surface area contributed by atoms with E-state index in [0.29, 0.717) is 5.92 Å². The van der Waals surface area contributed by atoms with E-state index in [2.05, 4.69) is 72.2 Å². The first-order valence-electron chi connectivity index (χ1n) is 7.27. The molecule has 0 amide bonds. The van der Waals surface area contributed by atoms with Gasteiger partial charge in [-0.05, 0) is 54.7 Å². The minimum atomic E-state index is 0.175. The van der Waals surface area contributed by atoms with Crippen LogP contribution in [-0.2, 0) is 6.42 Å². The lowest BCUT2D eigenvalue weighted by atomic mass is 10.0. The molecule has 3 heteroatoms. The second-order valence-electron chi connectivity index (χ2n) is 5.76. The molecule has 0 saturated heterocycles. The van der Waals surface area contributed by atoms with Gasteiger partial charge in [0.15, 0.2) is 0 Å². The lowest BCUT2D eigenvalue weighted by molar-refractivity contribution is 0.729. The molecule has 0 aliphatic rings. The van der Waals surface area contributed by atoms with Gasteiger partial charge in [-0.3, -0.25) is 0 Å². The van der Waals surface area contributed by atoms with E-state index in [0.717, 1.165) is 10.9 Å². The molecular weight excluding hydrogens is 342 g/mol. The van der Waals surface area contributed by atoms with Crippen LogP contribution in [-0.4, -0.2) is 6.04 Å². The van der Waals surface area contributed by atoms with Crippen LogP contribution in [0.2, 0.25) is 0 Å². The number of hydrogen-bond donors (Lipinski definition) is 1. The van der Waals surface area contributed by atoms with Crippen LogP contribution in [0, 0.1) is 0 Å². The Kier molecular flexibility index (Phi) is 5.91. The van der Waals surface area contributed by atoms with Gasteiger partial charge in [-0.15, -0.1) is 0 Å². The van der Waals surface area contributed by atoms with Gasteiger partial charge in [-0.1, -0.05) is 59.7 Å². The smallest absolute Gasteiger partial charge is 0.0186 e. The summed E-state index contributed by atoms with van der Waals surface area (Å²) in [7, 11) is 0. The molecule has 0 aliphatic heterocycles. The number of rotatable bonds is 5. The van der Waals surface area contributed by atoms with Gasteiger partial charge < -0.3 is 5.73 Å². The van der Waals surface area contributed by atoms with E-state index in [1.807, 2.05) is 6.92 Å². The van der Waals surface area contributed by atoms with Crippen molar-refractivity contribution in [2.75, 3.05) is 0 Å². The van der Waals surface area contributed by atoms with Crippen LogP contribution in [0.4, 0.5) is 0 Å². The van der Waals surface area contributed by atoms with E-state index in [1.54, 1.807) is 11.8 Å². The molecule has 2 N–H and O–H groups in total. The molecule has 0 heterocycles. The van der Waals surface area contributed by atoms with Crippen LogP contribution >= 0.6 is 27.7 Å². The van der Waals surface area contributed by atoms with Gasteiger partial charge in [0.25, 0.3) is 0 Å². The molecule has 2 rings (SSSR count). The van der Waals surface area contributed by atoms with Crippen LogP contribution in [0.15, 0.2) is 56.7 Å². The van der Waals surface area contributed by atoms with Crippen LogP contribution in [0.3, 0.4) is 0 Å². The Morgan fingerprint density at radius 1 is 1.05 bits per heavy atom. The molecule has 0 aromatic heterocycles. The Morgan fingerprint density at radius 2 is 1.71 bits per heavy atom. The Balaban J connectivity index is 2.23. The fraction of sp³-hybridized carbons (Fsp3) is 0.333. The van der Waals surface area contributed by atoms with Gasteiger partial charge in [0.2, 0.25) is 0 Å². The van der Waals surface area contributed by atoms with Crippen molar-refractivity contribution in [1.82, 2.24) is 0 Å². The lowest BCUT2D eigenvalue weighted by Crippen LogP contribution is -2.18. The van der Waals surface area contributed by atoms with Crippen molar-refractivity contribution in [3.63, 3.8) is 0 Å². The van der Waals surface area contributed by atoms with Crippen LogP contribution in [0.25, 0.3) is 0 Å². The Bertz CT molecular complexity index is 591. The van der Waals surface area contributed by atoms with E-state index in [9.17, 15) is 0 Å². The highest BCUT2D eigenvalue weighted by molar-refractivity contribution is 9.10. The summed E-state index contributed by atoms with van der Waals surface area (Å²) in [6, 6.07) is 15.5. The van der Waals surface area contributed by atoms with Crippen LogP contribution < -0.4 is 5.73 Å². The first-order chi connectivity index (χ1) is 9.95. The third-order valence-electron chi connectivity index (χ3n) is 3.35. The molecule has 2 aromatic rings. The van der Waals surface area contributed by atoms with Crippen molar-refractivity contribution < 1.29 is 0 Å². The molecule has 0 saturated carbocycles. The van der Waals surface area contributed by atoms with E-state index in [-0.39, 0.29) is 6.04 Å². The molecule has 1 nitrogen and oxygen atoms in total. The summed E-state index contributed by atoms with van der Waals surface area (Å²) in [5.41, 5.74) is 8.65. The highest BCUT2D eigenvalue weighted by Crippen LogP contribution is 2.33. The third kappa shape index (κ3) is 4.87. The molecule has 1 atom stereocenters. The number of benzene rings is 2. The second kappa shape index (κ2) is 7.48. The zero-order valence-electron chi connectivity index (χ0n) is 12.8. The van der Waals surface area contributed by atoms with Crippen molar-refractivity contribution in [2.24, 2.45) is 5.73 Å². The summed E-state index contributed by atoms with van der Waals surface area (Å²) in [5.74, 6) is 0.573. The Hall–Kier alpha value is -0.770. The molecule has 0 spiro atoms. The maximum Gasteiger partial charge on any atom is 0.0186 e. The highest BCUT2D eigenvalue weighted by atomic mass is 79.9. The fourth-order valence-corrected chi connectivity index (χ4v) is 3.69. The molecule has 21 heavy (non-hydrogen) atoms.